The third kappa shape index (κ3) is 2.49. The van der Waals surface area contributed by atoms with Gasteiger partial charge in [0.15, 0.2) is 0 Å². The number of fused-ring (bicyclic) bond motifs is 1. The molecule has 2 aromatic carbocycles. The maximum atomic E-state index is 3.32. The number of para-hydroxylation sites is 1. The smallest absolute Gasteiger partial charge is 0.0459 e. The highest BCUT2D eigenvalue weighted by atomic mass is 15.2. The lowest BCUT2D eigenvalue weighted by Crippen LogP contribution is -2.38. The van der Waals surface area contributed by atoms with Crippen molar-refractivity contribution in [1.29, 1.82) is 0 Å². The van der Waals surface area contributed by atoms with Crippen LogP contribution in [0.3, 0.4) is 0 Å². The average Bonchev–Trinajstić information content (AvgIpc) is 2.79. The lowest BCUT2D eigenvalue weighted by molar-refractivity contribution is 0.582. The molecule has 1 heterocycles. The molecule has 0 amide bonds. The van der Waals surface area contributed by atoms with Gasteiger partial charge < -0.3 is 10.2 Å². The summed E-state index contributed by atoms with van der Waals surface area (Å²) in [6.45, 7) is 2.02. The molecule has 0 radical (unpaired) electrons. The summed E-state index contributed by atoms with van der Waals surface area (Å²) < 4.78 is 0. The van der Waals surface area contributed by atoms with Crippen LogP contribution >= 0.6 is 0 Å². The molecule has 1 N–H and O–H groups in total. The second-order valence-corrected chi connectivity index (χ2v) is 5.16. The highest BCUT2D eigenvalue weighted by Gasteiger charge is 2.28. The molecule has 0 saturated heterocycles. The Balaban J connectivity index is 1.87. The third-order valence-electron chi connectivity index (χ3n) is 3.83. The fraction of sp³-hybridized carbons (Fsp3) is 0.294. The van der Waals surface area contributed by atoms with E-state index in [1.165, 1.54) is 16.8 Å². The van der Waals surface area contributed by atoms with Crippen LogP contribution in [0.25, 0.3) is 0 Å². The summed E-state index contributed by atoms with van der Waals surface area (Å²) in [5, 5.41) is 3.32. The van der Waals surface area contributed by atoms with Gasteiger partial charge in [-0.1, -0.05) is 48.5 Å². The van der Waals surface area contributed by atoms with Gasteiger partial charge in [-0.3, -0.25) is 0 Å². The maximum absolute atomic E-state index is 3.32. The number of hydrogen-bond acceptors (Lipinski definition) is 2. The Bertz CT molecular complexity index is 536. The Kier molecular flexibility index (Phi) is 3.51. The van der Waals surface area contributed by atoms with Gasteiger partial charge in [0.1, 0.15) is 0 Å². The van der Waals surface area contributed by atoms with Crippen molar-refractivity contribution in [3.8, 4) is 0 Å². The van der Waals surface area contributed by atoms with E-state index in [1.807, 2.05) is 7.05 Å². The lowest BCUT2D eigenvalue weighted by Gasteiger charge is -2.27. The SMILES string of the molecule is CNCC1Cc2ccccc2N1Cc1ccccc1. The average molecular weight is 252 g/mol. The topological polar surface area (TPSA) is 15.3 Å². The molecule has 3 rings (SSSR count). The summed E-state index contributed by atoms with van der Waals surface area (Å²) in [6.07, 6.45) is 1.14. The molecule has 2 heteroatoms. The first kappa shape index (κ1) is 12.2. The van der Waals surface area contributed by atoms with E-state index in [0.717, 1.165) is 19.5 Å². The molecular weight excluding hydrogens is 232 g/mol. The highest BCUT2D eigenvalue weighted by Crippen LogP contribution is 2.32. The second kappa shape index (κ2) is 5.45. The Hall–Kier alpha value is -1.80. The molecule has 0 bridgehead atoms. The summed E-state index contributed by atoms with van der Waals surface area (Å²) in [5.74, 6) is 0. The van der Waals surface area contributed by atoms with Crippen molar-refractivity contribution in [3.63, 3.8) is 0 Å². The van der Waals surface area contributed by atoms with Crippen molar-refractivity contribution in [2.45, 2.75) is 19.0 Å². The molecule has 0 fully saturated rings. The zero-order valence-corrected chi connectivity index (χ0v) is 11.3. The van der Waals surface area contributed by atoms with Crippen molar-refractivity contribution >= 4 is 5.69 Å². The largest absolute Gasteiger partial charge is 0.362 e. The van der Waals surface area contributed by atoms with Gasteiger partial charge in [0, 0.05) is 24.8 Å². The number of hydrogen-bond donors (Lipinski definition) is 1. The van der Waals surface area contributed by atoms with Crippen molar-refractivity contribution in [1.82, 2.24) is 5.32 Å². The van der Waals surface area contributed by atoms with Crippen LogP contribution in [0.2, 0.25) is 0 Å². The van der Waals surface area contributed by atoms with Crippen LogP contribution in [0.5, 0.6) is 0 Å². The Morgan fingerprint density at radius 3 is 2.58 bits per heavy atom. The van der Waals surface area contributed by atoms with Gasteiger partial charge >= 0.3 is 0 Å². The fourth-order valence-electron chi connectivity index (χ4n) is 2.94. The second-order valence-electron chi connectivity index (χ2n) is 5.16. The Morgan fingerprint density at radius 1 is 1.05 bits per heavy atom. The van der Waals surface area contributed by atoms with Crippen LogP contribution in [0.1, 0.15) is 11.1 Å². The third-order valence-corrected chi connectivity index (χ3v) is 3.83. The number of rotatable bonds is 4. The summed E-state index contributed by atoms with van der Waals surface area (Å²) in [7, 11) is 2.03. The van der Waals surface area contributed by atoms with Crippen LogP contribution in [-0.2, 0) is 13.0 Å². The zero-order valence-electron chi connectivity index (χ0n) is 11.3. The van der Waals surface area contributed by atoms with E-state index >= 15 is 0 Å². The molecule has 2 aromatic rings. The van der Waals surface area contributed by atoms with Crippen LogP contribution < -0.4 is 10.2 Å². The molecule has 1 aliphatic rings. The molecular formula is C17H20N2. The molecule has 1 unspecified atom stereocenters. The van der Waals surface area contributed by atoms with E-state index in [4.69, 9.17) is 0 Å². The highest BCUT2D eigenvalue weighted by molar-refractivity contribution is 5.59. The predicted octanol–water partition coefficient (Wildman–Crippen LogP) is 2.84. The van der Waals surface area contributed by atoms with E-state index in [9.17, 15) is 0 Å². The molecule has 0 saturated carbocycles. The van der Waals surface area contributed by atoms with E-state index in [1.54, 1.807) is 0 Å². The molecule has 2 nitrogen and oxygen atoms in total. The maximum Gasteiger partial charge on any atom is 0.0459 e. The van der Waals surface area contributed by atoms with Crippen molar-refractivity contribution in [2.24, 2.45) is 0 Å². The van der Waals surface area contributed by atoms with E-state index in [2.05, 4.69) is 64.8 Å². The summed E-state index contributed by atoms with van der Waals surface area (Å²) >= 11 is 0. The molecule has 1 atom stereocenters. The quantitative estimate of drug-likeness (QED) is 0.900. The standard InChI is InChI=1S/C17H20N2/c1-18-12-16-11-15-9-5-6-10-17(15)19(16)13-14-7-3-2-4-8-14/h2-10,16,18H,11-13H2,1H3. The van der Waals surface area contributed by atoms with E-state index in [0.29, 0.717) is 6.04 Å². The molecule has 98 valence electrons. The van der Waals surface area contributed by atoms with Crippen LogP contribution in [-0.4, -0.2) is 19.6 Å². The molecule has 0 aliphatic carbocycles. The monoisotopic (exact) mass is 252 g/mol. The number of anilines is 1. The fourth-order valence-corrected chi connectivity index (χ4v) is 2.94. The van der Waals surface area contributed by atoms with Gasteiger partial charge in [0.2, 0.25) is 0 Å². The minimum atomic E-state index is 0.558. The Morgan fingerprint density at radius 2 is 1.79 bits per heavy atom. The number of nitrogens with one attached hydrogen (secondary N) is 1. The normalized spacial score (nSPS) is 17.5. The Labute approximate surface area is 115 Å². The molecule has 19 heavy (non-hydrogen) atoms. The predicted molar refractivity (Wildman–Crippen MR) is 80.5 cm³/mol. The zero-order chi connectivity index (χ0) is 13.1. The van der Waals surface area contributed by atoms with Gasteiger partial charge in [-0.2, -0.15) is 0 Å². The number of likely N-dealkylation sites (N-methyl/N-ethyl adjacent to an activating group) is 1. The number of benzene rings is 2. The molecule has 1 aliphatic heterocycles. The van der Waals surface area contributed by atoms with Gasteiger partial charge in [-0.25, -0.2) is 0 Å². The van der Waals surface area contributed by atoms with Gasteiger partial charge in [-0.15, -0.1) is 0 Å². The van der Waals surface area contributed by atoms with Crippen LogP contribution in [0.15, 0.2) is 54.6 Å². The molecule has 0 aromatic heterocycles. The first-order valence-corrected chi connectivity index (χ1v) is 6.91. The first-order chi connectivity index (χ1) is 9.38. The van der Waals surface area contributed by atoms with Gasteiger partial charge in [-0.05, 0) is 30.7 Å². The van der Waals surface area contributed by atoms with Crippen molar-refractivity contribution in [3.05, 3.63) is 65.7 Å². The van der Waals surface area contributed by atoms with Crippen molar-refractivity contribution < 1.29 is 0 Å². The minimum absolute atomic E-state index is 0.558. The minimum Gasteiger partial charge on any atom is -0.362 e. The van der Waals surface area contributed by atoms with E-state index in [-0.39, 0.29) is 0 Å². The van der Waals surface area contributed by atoms with Gasteiger partial charge in [0.05, 0.1) is 0 Å². The van der Waals surface area contributed by atoms with Gasteiger partial charge in [0.25, 0.3) is 0 Å². The summed E-state index contributed by atoms with van der Waals surface area (Å²) in [5.41, 5.74) is 4.24. The molecule has 0 spiro atoms. The number of nitrogens with zero attached hydrogens (tertiary/aromatic N) is 1. The van der Waals surface area contributed by atoms with Crippen molar-refractivity contribution in [2.75, 3.05) is 18.5 Å². The summed E-state index contributed by atoms with van der Waals surface area (Å²) in [6, 6.07) is 20.1. The van der Waals surface area contributed by atoms with E-state index < -0.39 is 0 Å². The van der Waals surface area contributed by atoms with Crippen LogP contribution in [0, 0.1) is 0 Å². The first-order valence-electron chi connectivity index (χ1n) is 6.91. The lowest BCUT2D eigenvalue weighted by atomic mass is 10.1. The summed E-state index contributed by atoms with van der Waals surface area (Å²) in [4.78, 5) is 2.53. The van der Waals surface area contributed by atoms with Crippen LogP contribution in [0.4, 0.5) is 5.69 Å².